The van der Waals surface area contributed by atoms with Gasteiger partial charge in [-0.15, -0.1) is 11.3 Å². The molecule has 3 aromatic rings. The quantitative estimate of drug-likeness (QED) is 0.199. The fraction of sp³-hybridized carbons (Fsp3) is 0.519. The molecule has 1 atom stereocenters. The number of nitrogens with two attached hydrogens (primary N) is 1. The van der Waals surface area contributed by atoms with Gasteiger partial charge in [0, 0.05) is 31.7 Å². The highest BCUT2D eigenvalue weighted by Gasteiger charge is 2.23. The van der Waals surface area contributed by atoms with Gasteiger partial charge in [-0.05, 0) is 36.6 Å². The van der Waals surface area contributed by atoms with Gasteiger partial charge in [0.15, 0.2) is 0 Å². The largest absolute Gasteiger partial charge is 0.359 e. The molecule has 3 rings (SSSR count). The molecule has 35 heavy (non-hydrogen) atoms. The lowest BCUT2D eigenvalue weighted by Gasteiger charge is -2.32. The smallest absolute Gasteiger partial charge is 0.123 e. The molecule has 0 fully saturated rings. The number of hydrogen-bond donors (Lipinski definition) is 1. The molecule has 0 saturated carbocycles. The Bertz CT molecular complexity index is 1010. The highest BCUT2D eigenvalue weighted by molar-refractivity contribution is 7.20. The molecule has 0 aliphatic rings. The number of nitrogens with zero attached hydrogens (tertiary/aromatic N) is 3. The van der Waals surface area contributed by atoms with Gasteiger partial charge in [-0.25, -0.2) is 4.39 Å². The maximum absolute atomic E-state index is 13.4. The van der Waals surface area contributed by atoms with Crippen LogP contribution in [0.1, 0.15) is 63.9 Å². The van der Waals surface area contributed by atoms with Gasteiger partial charge in [0.1, 0.15) is 10.2 Å². The van der Waals surface area contributed by atoms with E-state index in [4.69, 9.17) is 28.9 Å². The Hall–Kier alpha value is -1.60. The summed E-state index contributed by atoms with van der Waals surface area (Å²) in [5.74, 6) is -0.225. The van der Waals surface area contributed by atoms with Crippen LogP contribution in [0.3, 0.4) is 0 Å². The van der Waals surface area contributed by atoms with Crippen LogP contribution in [0.4, 0.5) is 9.39 Å². The molecule has 2 aromatic heterocycles. The molecule has 2 heterocycles. The van der Waals surface area contributed by atoms with Crippen LogP contribution >= 0.6 is 34.5 Å². The van der Waals surface area contributed by atoms with Gasteiger partial charge < -0.3 is 10.6 Å². The molecule has 0 aliphatic heterocycles. The summed E-state index contributed by atoms with van der Waals surface area (Å²) in [4.78, 5) is 2.38. The highest BCUT2D eigenvalue weighted by Crippen LogP contribution is 2.43. The van der Waals surface area contributed by atoms with E-state index in [2.05, 4.69) is 23.0 Å². The molecule has 0 saturated heterocycles. The van der Waals surface area contributed by atoms with Crippen molar-refractivity contribution in [3.8, 4) is 11.3 Å². The van der Waals surface area contributed by atoms with Gasteiger partial charge in [-0.2, -0.15) is 5.10 Å². The van der Waals surface area contributed by atoms with Gasteiger partial charge in [0.25, 0.3) is 0 Å². The van der Waals surface area contributed by atoms with E-state index in [0.717, 1.165) is 41.2 Å². The van der Waals surface area contributed by atoms with E-state index in [1.54, 1.807) is 22.2 Å². The van der Waals surface area contributed by atoms with Gasteiger partial charge in [0.05, 0.1) is 21.9 Å². The van der Waals surface area contributed by atoms with Crippen molar-refractivity contribution in [2.45, 2.75) is 70.8 Å². The summed E-state index contributed by atoms with van der Waals surface area (Å²) in [7, 11) is 1.87. The highest BCUT2D eigenvalue weighted by atomic mass is 35.5. The van der Waals surface area contributed by atoms with Crippen LogP contribution in [0, 0.1) is 5.82 Å². The Morgan fingerprint density at radius 1 is 1.06 bits per heavy atom. The van der Waals surface area contributed by atoms with E-state index in [0.29, 0.717) is 15.9 Å². The van der Waals surface area contributed by atoms with Gasteiger partial charge in [0.2, 0.25) is 0 Å². The van der Waals surface area contributed by atoms with Crippen LogP contribution in [-0.2, 0) is 13.5 Å². The summed E-state index contributed by atoms with van der Waals surface area (Å²) in [6.45, 7) is 3.64. The number of anilines is 1. The summed E-state index contributed by atoms with van der Waals surface area (Å²) in [6, 6.07) is 8.89. The molecule has 0 radical (unpaired) electrons. The number of halogens is 3. The van der Waals surface area contributed by atoms with E-state index in [-0.39, 0.29) is 11.9 Å². The summed E-state index contributed by atoms with van der Waals surface area (Å²) in [5, 5.41) is 5.92. The van der Waals surface area contributed by atoms with Crippen molar-refractivity contribution < 1.29 is 4.39 Å². The lowest BCUT2D eigenvalue weighted by molar-refractivity contribution is 0.543. The fourth-order valence-electron chi connectivity index (χ4n) is 4.48. The van der Waals surface area contributed by atoms with Crippen LogP contribution < -0.4 is 10.6 Å². The first kappa shape index (κ1) is 28.0. The minimum absolute atomic E-state index is 0.0783. The maximum atomic E-state index is 13.4. The Balaban J connectivity index is 1.76. The number of unbranched alkanes of at least 4 members (excludes halogenated alkanes) is 7. The van der Waals surface area contributed by atoms with Gasteiger partial charge >= 0.3 is 0 Å². The van der Waals surface area contributed by atoms with Crippen LogP contribution in [0.25, 0.3) is 11.3 Å². The molecule has 0 unspecified atom stereocenters. The molecular formula is C27H37Cl2FN4S. The van der Waals surface area contributed by atoms with Crippen molar-refractivity contribution in [3.05, 3.63) is 57.3 Å². The Morgan fingerprint density at radius 3 is 2.31 bits per heavy atom. The van der Waals surface area contributed by atoms with Crippen molar-refractivity contribution in [1.29, 1.82) is 0 Å². The molecule has 4 nitrogen and oxygen atoms in total. The zero-order chi connectivity index (χ0) is 25.2. The number of thiophene rings is 1. The number of aryl methyl sites for hydroxylation is 1. The first-order valence-electron chi connectivity index (χ1n) is 12.6. The zero-order valence-electron chi connectivity index (χ0n) is 20.8. The average Bonchev–Trinajstić information content (AvgIpc) is 3.38. The van der Waals surface area contributed by atoms with Crippen molar-refractivity contribution >= 4 is 39.5 Å². The predicted octanol–water partition coefficient (Wildman–Crippen LogP) is 8.11. The molecule has 1 aromatic carbocycles. The van der Waals surface area contributed by atoms with Crippen LogP contribution in [0.2, 0.25) is 9.36 Å². The maximum Gasteiger partial charge on any atom is 0.123 e. The number of aromatic nitrogens is 2. The molecule has 2 N–H and O–H groups in total. The average molecular weight is 540 g/mol. The van der Waals surface area contributed by atoms with Crippen molar-refractivity contribution in [2.75, 3.05) is 18.0 Å². The van der Waals surface area contributed by atoms with Crippen LogP contribution in [-0.4, -0.2) is 28.9 Å². The fourth-order valence-corrected chi connectivity index (χ4v) is 6.11. The van der Waals surface area contributed by atoms with Gasteiger partial charge in [-0.1, -0.05) is 87.2 Å². The lowest BCUT2D eigenvalue weighted by atomic mass is 10.0. The summed E-state index contributed by atoms with van der Waals surface area (Å²) in [6.07, 6.45) is 12.5. The number of rotatable bonds is 15. The third-order valence-electron chi connectivity index (χ3n) is 6.46. The van der Waals surface area contributed by atoms with Crippen molar-refractivity contribution in [1.82, 2.24) is 9.78 Å². The molecule has 192 valence electrons. The monoisotopic (exact) mass is 538 g/mol. The van der Waals surface area contributed by atoms with Crippen LogP contribution in [0.5, 0.6) is 0 Å². The predicted molar refractivity (Wildman–Crippen MR) is 149 cm³/mol. The third-order valence-corrected chi connectivity index (χ3v) is 8.13. The number of benzene rings is 1. The van der Waals surface area contributed by atoms with Crippen LogP contribution in [0.15, 0.2) is 36.5 Å². The molecule has 0 spiro atoms. The van der Waals surface area contributed by atoms with E-state index < -0.39 is 0 Å². The molecule has 0 aliphatic carbocycles. The molecule has 8 heteroatoms. The van der Waals surface area contributed by atoms with E-state index >= 15 is 0 Å². The molecular weight excluding hydrogens is 502 g/mol. The Kier molecular flexibility index (Phi) is 11.4. The van der Waals surface area contributed by atoms with E-state index in [1.165, 1.54) is 57.1 Å². The second-order valence-electron chi connectivity index (χ2n) is 9.13. The zero-order valence-corrected chi connectivity index (χ0v) is 23.1. The standard InChI is InChI=1S/C27H37Cl2FN4S/c1-3-4-5-6-7-8-9-10-15-34(22(18-31)16-20-11-13-21(30)14-12-20)25-17-23(27(29)35-25)26-24(28)19-32-33(26)2/h11-14,17,19,22H,3-10,15-16,18,31H2,1-2H3/t22-/m0/s1. The third kappa shape index (κ3) is 7.94. The SMILES string of the molecule is CCCCCCCCCCN(c1cc(-c2c(Cl)cnn2C)c(Cl)s1)[C@H](CN)Cc1ccc(F)cc1. The molecule has 0 bridgehead atoms. The topological polar surface area (TPSA) is 47.1 Å². The summed E-state index contributed by atoms with van der Waals surface area (Å²) in [5.41, 5.74) is 9.06. The Morgan fingerprint density at radius 2 is 1.71 bits per heavy atom. The summed E-state index contributed by atoms with van der Waals surface area (Å²) >= 11 is 14.7. The van der Waals surface area contributed by atoms with E-state index in [1.807, 2.05) is 19.2 Å². The normalized spacial score (nSPS) is 12.3. The Labute approximate surface area is 223 Å². The number of hydrogen-bond acceptors (Lipinski definition) is 4. The minimum atomic E-state index is -0.225. The lowest BCUT2D eigenvalue weighted by Crippen LogP contribution is -2.42. The minimum Gasteiger partial charge on any atom is -0.359 e. The summed E-state index contributed by atoms with van der Waals surface area (Å²) < 4.78 is 15.9. The van der Waals surface area contributed by atoms with Crippen molar-refractivity contribution in [3.63, 3.8) is 0 Å². The first-order valence-corrected chi connectivity index (χ1v) is 14.2. The van der Waals surface area contributed by atoms with Gasteiger partial charge in [-0.3, -0.25) is 4.68 Å². The van der Waals surface area contributed by atoms with E-state index in [9.17, 15) is 4.39 Å². The second kappa shape index (κ2) is 14.2. The first-order chi connectivity index (χ1) is 16.9. The molecule has 0 amide bonds. The van der Waals surface area contributed by atoms with Crippen molar-refractivity contribution in [2.24, 2.45) is 12.8 Å². The second-order valence-corrected chi connectivity index (χ2v) is 11.2.